The zero-order valence-electron chi connectivity index (χ0n) is 22.3. The van der Waals surface area contributed by atoms with Crippen molar-refractivity contribution in [1.29, 1.82) is 0 Å². The molecule has 0 spiro atoms. The van der Waals surface area contributed by atoms with Gasteiger partial charge in [0.1, 0.15) is 0 Å². The molecule has 0 bridgehead atoms. The molecule has 0 aromatic heterocycles. The molecule has 0 atom stereocenters. The van der Waals surface area contributed by atoms with Gasteiger partial charge >= 0.3 is 0 Å². The molecule has 0 amide bonds. The van der Waals surface area contributed by atoms with Gasteiger partial charge in [-0.25, -0.2) is 0 Å². The average Bonchev–Trinajstić information content (AvgIpc) is 2.79. The lowest BCUT2D eigenvalue weighted by molar-refractivity contribution is 0.553. The van der Waals surface area contributed by atoms with Gasteiger partial charge in [-0.3, -0.25) is 0 Å². The summed E-state index contributed by atoms with van der Waals surface area (Å²) in [6.45, 7) is 11.5. The minimum absolute atomic E-state index is 1.18. The van der Waals surface area contributed by atoms with E-state index in [4.69, 9.17) is 0 Å². The highest BCUT2D eigenvalue weighted by Crippen LogP contribution is 2.20. The molecule has 0 fully saturated rings. The van der Waals surface area contributed by atoms with E-state index in [1.807, 2.05) is 21.6 Å². The summed E-state index contributed by atoms with van der Waals surface area (Å²) in [6, 6.07) is 0. The summed E-state index contributed by atoms with van der Waals surface area (Å²) in [4.78, 5) is 0. The molecule has 1 N–H and O–H groups in total. The van der Waals surface area contributed by atoms with E-state index < -0.39 is 0 Å². The molecule has 0 aromatic carbocycles. The highest BCUT2D eigenvalue weighted by molar-refractivity contribution is 8.76. The van der Waals surface area contributed by atoms with Gasteiger partial charge in [-0.2, -0.15) is 0 Å². The fraction of sp³-hybridized carbons (Fsp3) is 1.00. The van der Waals surface area contributed by atoms with Crippen molar-refractivity contribution in [2.45, 2.75) is 156 Å². The van der Waals surface area contributed by atoms with Crippen LogP contribution in [0.3, 0.4) is 0 Å². The second-order valence-corrected chi connectivity index (χ2v) is 11.8. The van der Waals surface area contributed by atoms with Crippen LogP contribution in [-0.4, -0.2) is 24.6 Å². The Bertz CT molecular complexity index is 248. The Balaban J connectivity index is 0. The van der Waals surface area contributed by atoms with Crippen LogP contribution < -0.4 is 5.32 Å². The molecular formula is C28H61NS2. The lowest BCUT2D eigenvalue weighted by Crippen LogP contribution is -2.18. The third-order valence-electron chi connectivity index (χ3n) is 5.65. The number of hydrogen-bond acceptors (Lipinski definition) is 3. The summed E-state index contributed by atoms with van der Waals surface area (Å²) in [7, 11) is 4.03. The van der Waals surface area contributed by atoms with E-state index in [2.05, 4.69) is 33.0 Å². The van der Waals surface area contributed by atoms with E-state index >= 15 is 0 Å². The summed E-state index contributed by atoms with van der Waals surface area (Å²) in [5.41, 5.74) is 0. The molecule has 0 heterocycles. The number of nitrogens with one attached hydrogen (secondary N) is 1. The normalized spacial score (nSPS) is 10.8. The van der Waals surface area contributed by atoms with Gasteiger partial charge in [-0.05, 0) is 19.4 Å². The van der Waals surface area contributed by atoms with E-state index in [1.54, 1.807) is 0 Å². The van der Waals surface area contributed by atoms with Crippen molar-refractivity contribution in [3.05, 3.63) is 0 Å². The van der Waals surface area contributed by atoms with Gasteiger partial charge in [-0.15, -0.1) is 0 Å². The quantitative estimate of drug-likeness (QED) is 0.104. The molecule has 0 saturated carbocycles. The van der Waals surface area contributed by atoms with Crippen LogP contribution in [0.25, 0.3) is 0 Å². The van der Waals surface area contributed by atoms with Gasteiger partial charge in [0.2, 0.25) is 0 Å². The van der Waals surface area contributed by atoms with Crippen LogP contribution in [0.15, 0.2) is 0 Å². The topological polar surface area (TPSA) is 12.0 Å². The fourth-order valence-corrected chi connectivity index (χ4v) is 5.65. The maximum Gasteiger partial charge on any atom is 0.0162 e. The second kappa shape index (κ2) is 35.3. The minimum atomic E-state index is 1.18. The van der Waals surface area contributed by atoms with Crippen molar-refractivity contribution < 1.29 is 0 Å². The first-order chi connectivity index (χ1) is 15.3. The molecule has 3 heteroatoms. The summed E-state index contributed by atoms with van der Waals surface area (Å²) >= 11 is 0. The van der Waals surface area contributed by atoms with Crippen LogP contribution >= 0.6 is 21.6 Å². The first-order valence-corrected chi connectivity index (χ1v) is 16.8. The summed E-state index contributed by atoms with van der Waals surface area (Å²) < 4.78 is 0. The van der Waals surface area contributed by atoms with Crippen molar-refractivity contribution in [3.8, 4) is 0 Å². The van der Waals surface area contributed by atoms with E-state index in [0.29, 0.717) is 0 Å². The largest absolute Gasteiger partial charge is 0.316 e. The molecule has 190 valence electrons. The zero-order valence-corrected chi connectivity index (χ0v) is 23.9. The van der Waals surface area contributed by atoms with Crippen molar-refractivity contribution in [2.75, 3.05) is 24.6 Å². The van der Waals surface area contributed by atoms with Crippen LogP contribution in [0.5, 0.6) is 0 Å². The zero-order chi connectivity index (χ0) is 23.1. The fourth-order valence-electron chi connectivity index (χ4n) is 3.56. The molecular weight excluding hydrogens is 414 g/mol. The van der Waals surface area contributed by atoms with Gasteiger partial charge < -0.3 is 5.32 Å². The smallest absolute Gasteiger partial charge is 0.0162 e. The van der Waals surface area contributed by atoms with Crippen LogP contribution in [0.4, 0.5) is 0 Å². The summed E-state index contributed by atoms with van der Waals surface area (Å²) in [5, 5.41) is 3.55. The summed E-state index contributed by atoms with van der Waals surface area (Å²) in [6.07, 6.45) is 28.6. The second-order valence-electron chi connectivity index (χ2n) is 9.05. The Morgan fingerprint density at radius 1 is 0.355 bits per heavy atom. The molecule has 0 aliphatic rings. The molecule has 0 aromatic rings. The van der Waals surface area contributed by atoms with Gasteiger partial charge in [0.15, 0.2) is 0 Å². The highest BCUT2D eigenvalue weighted by Gasteiger charge is 1.93. The third kappa shape index (κ3) is 38.2. The molecule has 0 saturated heterocycles. The predicted octanol–water partition coefficient (Wildman–Crippen LogP) is 10.8. The number of rotatable bonds is 25. The molecule has 31 heavy (non-hydrogen) atoms. The Kier molecular flexibility index (Phi) is 38.5. The van der Waals surface area contributed by atoms with Crippen molar-refractivity contribution in [2.24, 2.45) is 0 Å². The van der Waals surface area contributed by atoms with Gasteiger partial charge in [-0.1, -0.05) is 165 Å². The maximum atomic E-state index is 3.55. The van der Waals surface area contributed by atoms with Crippen molar-refractivity contribution in [1.82, 2.24) is 5.32 Å². The van der Waals surface area contributed by atoms with Crippen LogP contribution in [0, 0.1) is 0 Å². The molecule has 0 unspecified atom stereocenters. The Hall–Kier alpha value is 0.660. The summed E-state index contributed by atoms with van der Waals surface area (Å²) in [5.74, 6) is 2.55. The average molecular weight is 476 g/mol. The van der Waals surface area contributed by atoms with Gasteiger partial charge in [0, 0.05) is 18.1 Å². The first-order valence-electron chi connectivity index (χ1n) is 14.3. The first kappa shape index (κ1) is 33.8. The molecule has 0 aliphatic carbocycles. The third-order valence-corrected chi connectivity index (χ3v) is 8.26. The highest BCUT2D eigenvalue weighted by atomic mass is 33.1. The lowest BCUT2D eigenvalue weighted by Gasteiger charge is -2.04. The minimum Gasteiger partial charge on any atom is -0.316 e. The van der Waals surface area contributed by atoms with E-state index in [0.717, 1.165) is 0 Å². The molecule has 0 aliphatic heterocycles. The molecule has 0 radical (unpaired) electrons. The van der Waals surface area contributed by atoms with Crippen molar-refractivity contribution >= 4 is 21.6 Å². The number of unbranched alkanes of at least 4 members (excludes halogenated alkanes) is 17. The number of hydrogen-bond donors (Lipinski definition) is 1. The predicted molar refractivity (Wildman–Crippen MR) is 153 cm³/mol. The van der Waals surface area contributed by atoms with Crippen LogP contribution in [0.1, 0.15) is 156 Å². The maximum absolute atomic E-state index is 3.55. The Morgan fingerprint density at radius 2 is 0.710 bits per heavy atom. The van der Waals surface area contributed by atoms with E-state index in [1.165, 1.54) is 153 Å². The SMILES string of the molecule is CCCCCCCCCCCC.CCCCCCCCCCCNCCSSCCC. The monoisotopic (exact) mass is 475 g/mol. The van der Waals surface area contributed by atoms with Gasteiger partial charge in [0.05, 0.1) is 0 Å². The van der Waals surface area contributed by atoms with E-state index in [9.17, 15) is 0 Å². The van der Waals surface area contributed by atoms with E-state index in [-0.39, 0.29) is 0 Å². The molecule has 1 nitrogen and oxygen atoms in total. The van der Waals surface area contributed by atoms with Crippen molar-refractivity contribution in [3.63, 3.8) is 0 Å². The Morgan fingerprint density at radius 3 is 1.10 bits per heavy atom. The van der Waals surface area contributed by atoms with Crippen LogP contribution in [0.2, 0.25) is 0 Å². The Labute approximate surface area is 207 Å². The van der Waals surface area contributed by atoms with Crippen LogP contribution in [-0.2, 0) is 0 Å². The molecule has 0 rings (SSSR count). The lowest BCUT2D eigenvalue weighted by atomic mass is 10.1. The standard InChI is InChI=1S/C16H35NS2.C12H26/c1-3-5-6-7-8-9-10-11-12-13-17-14-16-19-18-15-4-2;1-3-5-7-9-11-12-10-8-6-4-2/h17H,3-16H2,1-2H3;3-12H2,1-2H3. The van der Waals surface area contributed by atoms with Gasteiger partial charge in [0.25, 0.3) is 0 Å².